The van der Waals surface area contributed by atoms with Crippen molar-refractivity contribution in [2.24, 2.45) is 0 Å². The molecule has 0 radical (unpaired) electrons. The highest BCUT2D eigenvalue weighted by molar-refractivity contribution is 5.79. The van der Waals surface area contributed by atoms with E-state index in [1.54, 1.807) is 23.1 Å². The Labute approximate surface area is 143 Å². The fourth-order valence-electron chi connectivity index (χ4n) is 2.75. The highest BCUT2D eigenvalue weighted by atomic mass is 19.1. The van der Waals surface area contributed by atoms with Crippen LogP contribution in [0, 0.1) is 15.9 Å². The largest absolute Gasteiger partial charge is 0.353 e. The molecule has 2 heterocycles. The van der Waals surface area contributed by atoms with Gasteiger partial charge in [0, 0.05) is 32.2 Å². The lowest BCUT2D eigenvalue weighted by Gasteiger charge is -2.35. The lowest BCUT2D eigenvalue weighted by atomic mass is 10.1. The molecular weight excluding hydrogens is 327 g/mol. The summed E-state index contributed by atoms with van der Waals surface area (Å²) in [6, 6.07) is 8.97. The summed E-state index contributed by atoms with van der Waals surface area (Å²) in [6.07, 6.45) is 1.48. The first-order valence-corrected chi connectivity index (χ1v) is 7.90. The van der Waals surface area contributed by atoms with Gasteiger partial charge in [0.2, 0.25) is 5.91 Å². The zero-order chi connectivity index (χ0) is 17.8. The molecular formula is C17H17FN4O3. The summed E-state index contributed by atoms with van der Waals surface area (Å²) < 4.78 is 12.9. The lowest BCUT2D eigenvalue weighted by molar-refractivity contribution is -0.385. The lowest BCUT2D eigenvalue weighted by Crippen LogP contribution is -2.49. The fourth-order valence-corrected chi connectivity index (χ4v) is 2.75. The Balaban J connectivity index is 1.55. The van der Waals surface area contributed by atoms with Crippen LogP contribution in [0.15, 0.2) is 42.6 Å². The second-order valence-electron chi connectivity index (χ2n) is 5.80. The summed E-state index contributed by atoms with van der Waals surface area (Å²) in [5.41, 5.74) is 0.739. The number of piperazine rings is 1. The van der Waals surface area contributed by atoms with Crippen LogP contribution in [0.3, 0.4) is 0 Å². The maximum absolute atomic E-state index is 12.9. The maximum Gasteiger partial charge on any atom is 0.287 e. The minimum absolute atomic E-state index is 0.00270. The molecule has 3 rings (SSSR count). The SMILES string of the molecule is O=C(Cc1ccc(F)cc1)N1CCN(c2ccc([N+](=O)[O-])cn2)CC1. The predicted molar refractivity (Wildman–Crippen MR) is 89.8 cm³/mol. The van der Waals surface area contributed by atoms with Gasteiger partial charge < -0.3 is 9.80 Å². The molecule has 0 bridgehead atoms. The maximum atomic E-state index is 12.9. The van der Waals surface area contributed by atoms with Gasteiger partial charge in [0.15, 0.2) is 0 Å². The molecule has 1 saturated heterocycles. The Morgan fingerprint density at radius 3 is 2.36 bits per heavy atom. The van der Waals surface area contributed by atoms with Crippen molar-refractivity contribution < 1.29 is 14.1 Å². The molecule has 1 aromatic carbocycles. The first kappa shape index (κ1) is 16.8. The third-order valence-corrected chi connectivity index (χ3v) is 4.17. The number of nitrogens with zero attached hydrogens (tertiary/aromatic N) is 4. The molecule has 0 atom stereocenters. The van der Waals surface area contributed by atoms with Crippen LogP contribution in [0.1, 0.15) is 5.56 Å². The third kappa shape index (κ3) is 4.09. The molecule has 1 aliphatic heterocycles. The molecule has 25 heavy (non-hydrogen) atoms. The van der Waals surface area contributed by atoms with Crippen LogP contribution in [0.2, 0.25) is 0 Å². The highest BCUT2D eigenvalue weighted by Gasteiger charge is 2.22. The van der Waals surface area contributed by atoms with Crippen molar-refractivity contribution in [3.63, 3.8) is 0 Å². The Morgan fingerprint density at radius 2 is 1.80 bits per heavy atom. The minimum atomic E-state index is -0.483. The van der Waals surface area contributed by atoms with Crippen LogP contribution in [0.25, 0.3) is 0 Å². The van der Waals surface area contributed by atoms with Crippen LogP contribution in [-0.2, 0) is 11.2 Å². The van der Waals surface area contributed by atoms with E-state index in [9.17, 15) is 19.3 Å². The molecule has 0 unspecified atom stereocenters. The van der Waals surface area contributed by atoms with Gasteiger partial charge in [-0.15, -0.1) is 0 Å². The Bertz CT molecular complexity index is 756. The zero-order valence-corrected chi connectivity index (χ0v) is 13.5. The molecule has 0 aliphatic carbocycles. The van der Waals surface area contributed by atoms with E-state index >= 15 is 0 Å². The van der Waals surface area contributed by atoms with Gasteiger partial charge in [-0.25, -0.2) is 9.37 Å². The molecule has 1 aromatic heterocycles. The van der Waals surface area contributed by atoms with E-state index in [4.69, 9.17) is 0 Å². The normalized spacial score (nSPS) is 14.4. The summed E-state index contributed by atoms with van der Waals surface area (Å²) in [4.78, 5) is 30.4. The Hall–Kier alpha value is -3.03. The van der Waals surface area contributed by atoms with Crippen molar-refractivity contribution in [2.45, 2.75) is 6.42 Å². The van der Waals surface area contributed by atoms with Gasteiger partial charge in [0.25, 0.3) is 5.69 Å². The van der Waals surface area contributed by atoms with E-state index in [1.807, 2.05) is 4.90 Å². The number of nitro groups is 1. The number of hydrogen-bond donors (Lipinski definition) is 0. The Kier molecular flexibility index (Phi) is 4.87. The van der Waals surface area contributed by atoms with E-state index in [-0.39, 0.29) is 23.8 Å². The fraction of sp³-hybridized carbons (Fsp3) is 0.294. The summed E-state index contributed by atoms with van der Waals surface area (Å²) >= 11 is 0. The van der Waals surface area contributed by atoms with Crippen molar-refractivity contribution in [2.75, 3.05) is 31.1 Å². The number of hydrogen-bond acceptors (Lipinski definition) is 5. The van der Waals surface area contributed by atoms with E-state index in [0.29, 0.717) is 32.0 Å². The smallest absolute Gasteiger partial charge is 0.287 e. The number of pyridine rings is 1. The molecule has 0 spiro atoms. The summed E-state index contributed by atoms with van der Waals surface area (Å²) in [6.45, 7) is 2.33. The molecule has 1 fully saturated rings. The third-order valence-electron chi connectivity index (χ3n) is 4.17. The predicted octanol–water partition coefficient (Wildman–Crippen LogP) is 2.02. The number of amides is 1. The van der Waals surface area contributed by atoms with Gasteiger partial charge in [-0.1, -0.05) is 12.1 Å². The number of carbonyl (C=O) groups is 1. The van der Waals surface area contributed by atoms with Gasteiger partial charge in [0.05, 0.1) is 11.3 Å². The average Bonchev–Trinajstić information content (AvgIpc) is 2.64. The highest BCUT2D eigenvalue weighted by Crippen LogP contribution is 2.17. The van der Waals surface area contributed by atoms with Crippen LogP contribution in [0.5, 0.6) is 0 Å². The van der Waals surface area contributed by atoms with Crippen molar-refractivity contribution in [3.05, 3.63) is 64.1 Å². The summed E-state index contributed by atoms with van der Waals surface area (Å²) in [7, 11) is 0. The van der Waals surface area contributed by atoms with Crippen molar-refractivity contribution >= 4 is 17.4 Å². The van der Waals surface area contributed by atoms with Gasteiger partial charge in [-0.3, -0.25) is 14.9 Å². The minimum Gasteiger partial charge on any atom is -0.353 e. The van der Waals surface area contributed by atoms with Gasteiger partial charge in [0.1, 0.15) is 17.8 Å². The standard InChI is InChI=1S/C17H17FN4O3/c18-14-3-1-13(2-4-14)11-17(23)21-9-7-20(8-10-21)16-6-5-15(12-19-16)22(24)25/h1-6,12H,7-11H2. The molecule has 0 N–H and O–H groups in total. The van der Waals surface area contributed by atoms with Crippen molar-refractivity contribution in [1.29, 1.82) is 0 Å². The van der Waals surface area contributed by atoms with E-state index in [0.717, 1.165) is 5.56 Å². The number of carbonyl (C=O) groups excluding carboxylic acids is 1. The van der Waals surface area contributed by atoms with Gasteiger partial charge >= 0.3 is 0 Å². The number of anilines is 1. The monoisotopic (exact) mass is 344 g/mol. The molecule has 1 aliphatic rings. The topological polar surface area (TPSA) is 79.6 Å². The van der Waals surface area contributed by atoms with Gasteiger partial charge in [-0.2, -0.15) is 0 Å². The zero-order valence-electron chi connectivity index (χ0n) is 13.5. The molecule has 1 amide bonds. The number of halogens is 1. The summed E-state index contributed by atoms with van der Waals surface area (Å²) in [5, 5.41) is 10.7. The molecule has 130 valence electrons. The van der Waals surface area contributed by atoms with Crippen LogP contribution >= 0.6 is 0 Å². The molecule has 8 heteroatoms. The molecule has 2 aromatic rings. The van der Waals surface area contributed by atoms with Crippen molar-refractivity contribution in [1.82, 2.24) is 9.88 Å². The second-order valence-corrected chi connectivity index (χ2v) is 5.80. The van der Waals surface area contributed by atoms with Crippen LogP contribution in [0.4, 0.5) is 15.9 Å². The Morgan fingerprint density at radius 1 is 1.12 bits per heavy atom. The number of aromatic nitrogens is 1. The summed E-state index contributed by atoms with van der Waals surface area (Å²) in [5.74, 6) is 0.347. The van der Waals surface area contributed by atoms with E-state index in [2.05, 4.69) is 4.98 Å². The number of benzene rings is 1. The van der Waals surface area contributed by atoms with Crippen LogP contribution in [-0.4, -0.2) is 46.9 Å². The van der Waals surface area contributed by atoms with E-state index < -0.39 is 4.92 Å². The first-order chi connectivity index (χ1) is 12.0. The van der Waals surface area contributed by atoms with Gasteiger partial charge in [-0.05, 0) is 23.8 Å². The molecule has 7 nitrogen and oxygen atoms in total. The second kappa shape index (κ2) is 7.25. The first-order valence-electron chi connectivity index (χ1n) is 7.90. The quantitative estimate of drug-likeness (QED) is 0.626. The molecule has 0 saturated carbocycles. The number of rotatable bonds is 4. The van der Waals surface area contributed by atoms with E-state index in [1.165, 1.54) is 24.4 Å². The van der Waals surface area contributed by atoms with Crippen LogP contribution < -0.4 is 4.90 Å². The van der Waals surface area contributed by atoms with Crippen molar-refractivity contribution in [3.8, 4) is 0 Å². The average molecular weight is 344 g/mol.